The monoisotopic (exact) mass is 446 g/mol. The smallest absolute Gasteiger partial charge is 0.416 e. The molecule has 1 atom stereocenters. The van der Waals surface area contributed by atoms with E-state index in [0.29, 0.717) is 30.5 Å². The van der Waals surface area contributed by atoms with E-state index in [1.54, 1.807) is 6.07 Å². The normalized spacial score (nSPS) is 15.6. The summed E-state index contributed by atoms with van der Waals surface area (Å²) >= 11 is 0. The Labute approximate surface area is 184 Å². The molecule has 0 bridgehead atoms. The van der Waals surface area contributed by atoms with E-state index in [9.17, 15) is 13.2 Å². The molecule has 0 amide bonds. The Balaban J connectivity index is 1.72. The quantitative estimate of drug-likeness (QED) is 0.597. The molecule has 1 aliphatic heterocycles. The van der Waals surface area contributed by atoms with Gasteiger partial charge in [0.25, 0.3) is 0 Å². The summed E-state index contributed by atoms with van der Waals surface area (Å²) in [6.07, 6.45) is -4.40. The second-order valence-corrected chi connectivity index (χ2v) is 7.77. The fourth-order valence-corrected chi connectivity index (χ4v) is 4.11. The summed E-state index contributed by atoms with van der Waals surface area (Å²) in [4.78, 5) is 2.22. The molecule has 0 unspecified atom stereocenters. The van der Waals surface area contributed by atoms with Gasteiger partial charge >= 0.3 is 6.18 Å². The number of halogens is 3. The third-order valence-corrected chi connectivity index (χ3v) is 5.80. The van der Waals surface area contributed by atoms with Crippen molar-refractivity contribution in [3.8, 4) is 5.88 Å². The van der Waals surface area contributed by atoms with Gasteiger partial charge in [-0.3, -0.25) is 0 Å². The number of morpholine rings is 1. The minimum atomic E-state index is -4.40. The van der Waals surface area contributed by atoms with Gasteiger partial charge in [0, 0.05) is 29.5 Å². The highest BCUT2D eigenvalue weighted by Crippen LogP contribution is 2.37. The van der Waals surface area contributed by atoms with Crippen LogP contribution in [0.2, 0.25) is 0 Å². The summed E-state index contributed by atoms with van der Waals surface area (Å²) in [6.45, 7) is 6.18. The Morgan fingerprint density at radius 2 is 1.84 bits per heavy atom. The second kappa shape index (κ2) is 8.82. The highest BCUT2D eigenvalue weighted by molar-refractivity contribution is 5.97. The first-order valence-corrected chi connectivity index (χ1v) is 10.4. The molecule has 2 aromatic carbocycles. The predicted molar refractivity (Wildman–Crippen MR) is 117 cm³/mol. The van der Waals surface area contributed by atoms with Crippen LogP contribution in [0.5, 0.6) is 5.88 Å². The minimum Gasteiger partial charge on any atom is -0.479 e. The van der Waals surface area contributed by atoms with Gasteiger partial charge in [-0.15, -0.1) is 10.2 Å². The molecule has 3 aromatic rings. The Hall–Kier alpha value is -3.07. The van der Waals surface area contributed by atoms with Crippen molar-refractivity contribution in [2.45, 2.75) is 26.1 Å². The summed E-state index contributed by atoms with van der Waals surface area (Å²) in [5.41, 5.74) is 1.13. The number of rotatable bonds is 5. The number of hydrogen-bond donors (Lipinski definition) is 1. The van der Waals surface area contributed by atoms with Gasteiger partial charge in [0.2, 0.25) is 5.88 Å². The Bertz CT molecular complexity index is 1110. The van der Waals surface area contributed by atoms with E-state index in [2.05, 4.69) is 20.4 Å². The first kappa shape index (κ1) is 22.1. The van der Waals surface area contributed by atoms with E-state index < -0.39 is 17.8 Å². The van der Waals surface area contributed by atoms with E-state index in [-0.39, 0.29) is 5.56 Å². The van der Waals surface area contributed by atoms with Crippen molar-refractivity contribution in [1.29, 1.82) is 0 Å². The second-order valence-electron chi connectivity index (χ2n) is 7.77. The minimum absolute atomic E-state index is 0.194. The molecule has 0 aliphatic carbocycles. The number of benzene rings is 2. The van der Waals surface area contributed by atoms with Gasteiger partial charge in [-0.05, 0) is 49.2 Å². The van der Waals surface area contributed by atoms with Crippen molar-refractivity contribution in [3.05, 3.63) is 53.1 Å². The average molecular weight is 446 g/mol. The van der Waals surface area contributed by atoms with Crippen molar-refractivity contribution in [1.82, 2.24) is 10.2 Å². The van der Waals surface area contributed by atoms with Crippen LogP contribution in [0.3, 0.4) is 0 Å². The molecule has 1 N–H and O–H groups in total. The number of fused-ring (bicyclic) bond motifs is 1. The molecule has 0 radical (unpaired) electrons. The maximum Gasteiger partial charge on any atom is 0.416 e. The van der Waals surface area contributed by atoms with E-state index >= 15 is 0 Å². The molecule has 6 nitrogen and oxygen atoms in total. The van der Waals surface area contributed by atoms with Gasteiger partial charge in [0.15, 0.2) is 5.82 Å². The maximum absolute atomic E-state index is 13.4. The van der Waals surface area contributed by atoms with Crippen molar-refractivity contribution >= 4 is 22.3 Å². The fraction of sp³-hybridized carbons (Fsp3) is 0.391. The van der Waals surface area contributed by atoms with Gasteiger partial charge in [-0.1, -0.05) is 12.1 Å². The molecular weight excluding hydrogens is 421 g/mol. The average Bonchev–Trinajstić information content (AvgIpc) is 2.79. The zero-order valence-corrected chi connectivity index (χ0v) is 18.2. The number of methoxy groups -OCH3 is 1. The van der Waals surface area contributed by atoms with Crippen molar-refractivity contribution in [2.24, 2.45) is 0 Å². The van der Waals surface area contributed by atoms with E-state index in [0.717, 1.165) is 35.6 Å². The highest BCUT2D eigenvalue weighted by Gasteiger charge is 2.33. The molecule has 4 rings (SSSR count). The van der Waals surface area contributed by atoms with Crippen LogP contribution in [0.15, 0.2) is 36.4 Å². The number of anilines is 2. The lowest BCUT2D eigenvalue weighted by atomic mass is 9.97. The molecule has 170 valence electrons. The molecule has 2 heterocycles. The summed E-state index contributed by atoms with van der Waals surface area (Å²) in [6, 6.07) is 9.74. The fourth-order valence-electron chi connectivity index (χ4n) is 4.11. The van der Waals surface area contributed by atoms with Gasteiger partial charge in [0.1, 0.15) is 0 Å². The van der Waals surface area contributed by atoms with Crippen LogP contribution in [0.1, 0.15) is 29.7 Å². The molecule has 1 aliphatic rings. The number of nitrogens with one attached hydrogen (secondary N) is 1. The lowest BCUT2D eigenvalue weighted by molar-refractivity contribution is -0.138. The Kier molecular flexibility index (Phi) is 6.10. The van der Waals surface area contributed by atoms with Crippen molar-refractivity contribution < 1.29 is 22.6 Å². The number of nitrogens with zero attached hydrogens (tertiary/aromatic N) is 3. The van der Waals surface area contributed by atoms with Gasteiger partial charge in [-0.25, -0.2) is 0 Å². The largest absolute Gasteiger partial charge is 0.479 e. The Morgan fingerprint density at radius 1 is 1.09 bits per heavy atom. The molecule has 32 heavy (non-hydrogen) atoms. The summed E-state index contributed by atoms with van der Waals surface area (Å²) in [7, 11) is 1.53. The molecule has 0 saturated carbocycles. The van der Waals surface area contributed by atoms with E-state index in [1.165, 1.54) is 20.1 Å². The SMILES string of the molecule is COc1nnc(N[C@H](C)c2cccc(C(F)(F)F)c2C)c2cc(N3CCOCC3)ccc12. The molecule has 1 aromatic heterocycles. The first-order valence-electron chi connectivity index (χ1n) is 10.4. The molecule has 1 fully saturated rings. The predicted octanol–water partition coefficient (Wildman–Crippen LogP) is 4.98. The molecule has 0 spiro atoms. The highest BCUT2D eigenvalue weighted by atomic mass is 19.4. The van der Waals surface area contributed by atoms with Crippen LogP contribution >= 0.6 is 0 Å². The number of alkyl halides is 3. The van der Waals surface area contributed by atoms with Crippen molar-refractivity contribution in [3.63, 3.8) is 0 Å². The number of hydrogen-bond acceptors (Lipinski definition) is 6. The van der Waals surface area contributed by atoms with E-state index in [1.807, 2.05) is 25.1 Å². The molecular formula is C23H25F3N4O2. The third-order valence-electron chi connectivity index (χ3n) is 5.80. The lowest BCUT2D eigenvalue weighted by Gasteiger charge is -2.29. The number of ether oxygens (including phenoxy) is 2. The zero-order valence-electron chi connectivity index (χ0n) is 18.2. The van der Waals surface area contributed by atoms with Gasteiger partial charge in [0.05, 0.1) is 31.9 Å². The standard InChI is InChI=1S/C23H25F3N4O2/c1-14-17(5-4-6-20(14)23(24,25)26)15(2)27-21-19-13-16(30-9-11-32-12-10-30)7-8-18(19)22(31-3)29-28-21/h4-8,13,15H,9-12H2,1-3H3,(H,27,28)/t15-/m1/s1. The van der Waals surface area contributed by atoms with Crippen LogP contribution in [0, 0.1) is 6.92 Å². The maximum atomic E-state index is 13.4. The summed E-state index contributed by atoms with van der Waals surface area (Å²) in [5.74, 6) is 0.877. The van der Waals surface area contributed by atoms with Gasteiger partial charge < -0.3 is 19.7 Å². The summed E-state index contributed by atoms with van der Waals surface area (Å²) < 4.78 is 50.9. The van der Waals surface area contributed by atoms with Crippen LogP contribution in [0.4, 0.5) is 24.7 Å². The van der Waals surface area contributed by atoms with E-state index in [4.69, 9.17) is 9.47 Å². The zero-order chi connectivity index (χ0) is 22.9. The third kappa shape index (κ3) is 4.29. The molecule has 9 heteroatoms. The topological polar surface area (TPSA) is 59.5 Å². The van der Waals surface area contributed by atoms with Crippen molar-refractivity contribution in [2.75, 3.05) is 43.6 Å². The summed E-state index contributed by atoms with van der Waals surface area (Å²) in [5, 5.41) is 13.2. The van der Waals surface area contributed by atoms with Crippen LogP contribution in [-0.4, -0.2) is 43.6 Å². The first-order chi connectivity index (χ1) is 15.3. The van der Waals surface area contributed by atoms with Crippen LogP contribution in [0.25, 0.3) is 10.8 Å². The van der Waals surface area contributed by atoms with Crippen LogP contribution < -0.4 is 15.0 Å². The molecule has 1 saturated heterocycles. The van der Waals surface area contributed by atoms with Crippen LogP contribution in [-0.2, 0) is 10.9 Å². The Morgan fingerprint density at radius 3 is 2.53 bits per heavy atom. The number of aromatic nitrogens is 2. The lowest BCUT2D eigenvalue weighted by Crippen LogP contribution is -2.36. The van der Waals surface area contributed by atoms with Gasteiger partial charge in [-0.2, -0.15) is 13.2 Å².